The molecule has 2 aliphatic heterocycles. The van der Waals surface area contributed by atoms with Gasteiger partial charge in [0, 0.05) is 25.7 Å². The number of nitrogens with one attached hydrogen (secondary N) is 1. The molecule has 0 aromatic carbocycles. The number of amides is 1. The van der Waals surface area contributed by atoms with Crippen LogP contribution < -0.4 is 5.32 Å². The number of carbonyl (C=O) groups excluding carboxylic acids is 1. The molecule has 0 spiro atoms. The molecule has 0 saturated carbocycles. The van der Waals surface area contributed by atoms with Gasteiger partial charge in [-0.3, -0.25) is 0 Å². The van der Waals surface area contributed by atoms with Crippen LogP contribution in [-0.2, 0) is 9.47 Å². The van der Waals surface area contributed by atoms with E-state index in [9.17, 15) is 9.90 Å². The van der Waals surface area contributed by atoms with E-state index in [-0.39, 0.29) is 6.09 Å². The fourth-order valence-electron chi connectivity index (χ4n) is 2.99. The van der Waals surface area contributed by atoms with Crippen molar-refractivity contribution in [3.63, 3.8) is 0 Å². The Kier molecular flexibility index (Phi) is 5.35. The lowest BCUT2D eigenvalue weighted by Gasteiger charge is -2.33. The molecule has 2 heterocycles. The highest BCUT2D eigenvalue weighted by molar-refractivity contribution is 5.68. The molecule has 6 heteroatoms. The van der Waals surface area contributed by atoms with Gasteiger partial charge < -0.3 is 24.8 Å². The van der Waals surface area contributed by atoms with Gasteiger partial charge >= 0.3 is 6.09 Å². The highest BCUT2D eigenvalue weighted by Gasteiger charge is 2.40. The minimum absolute atomic E-state index is 0.326. The van der Waals surface area contributed by atoms with Crippen molar-refractivity contribution in [3.8, 4) is 0 Å². The molecule has 2 saturated heterocycles. The van der Waals surface area contributed by atoms with Crippen molar-refractivity contribution in [2.75, 3.05) is 32.8 Å². The fraction of sp³-hybridized carbons (Fsp3) is 0.938. The van der Waals surface area contributed by atoms with Crippen molar-refractivity contribution in [2.24, 2.45) is 5.92 Å². The van der Waals surface area contributed by atoms with Crippen molar-refractivity contribution in [3.05, 3.63) is 0 Å². The molecule has 0 aromatic heterocycles. The lowest BCUT2D eigenvalue weighted by atomic mass is 9.96. The van der Waals surface area contributed by atoms with Crippen LogP contribution in [-0.4, -0.2) is 66.2 Å². The Bertz CT molecular complexity index is 396. The van der Waals surface area contributed by atoms with Gasteiger partial charge in [0.05, 0.1) is 18.8 Å². The van der Waals surface area contributed by atoms with Gasteiger partial charge in [0.2, 0.25) is 0 Å². The molecule has 0 aliphatic carbocycles. The molecule has 2 N–H and O–H groups in total. The number of nitrogens with zero attached hydrogens (tertiary/aromatic N) is 1. The third kappa shape index (κ3) is 4.83. The first-order valence-corrected chi connectivity index (χ1v) is 8.20. The van der Waals surface area contributed by atoms with E-state index >= 15 is 0 Å². The van der Waals surface area contributed by atoms with Crippen LogP contribution in [0.4, 0.5) is 4.79 Å². The summed E-state index contributed by atoms with van der Waals surface area (Å²) in [5.74, 6) is 0.445. The molecule has 1 amide bonds. The minimum Gasteiger partial charge on any atom is -0.444 e. The van der Waals surface area contributed by atoms with Crippen LogP contribution in [0.3, 0.4) is 0 Å². The monoisotopic (exact) mass is 314 g/mol. The lowest BCUT2D eigenvalue weighted by Crippen LogP contribution is -2.50. The number of hydrogen-bond donors (Lipinski definition) is 2. The van der Waals surface area contributed by atoms with Crippen molar-refractivity contribution < 1.29 is 19.4 Å². The van der Waals surface area contributed by atoms with Crippen LogP contribution in [0.1, 0.15) is 40.5 Å². The van der Waals surface area contributed by atoms with Crippen LogP contribution >= 0.6 is 0 Å². The van der Waals surface area contributed by atoms with E-state index in [0.717, 1.165) is 19.6 Å². The van der Waals surface area contributed by atoms with Crippen LogP contribution in [0.2, 0.25) is 0 Å². The molecule has 2 aliphatic rings. The van der Waals surface area contributed by atoms with Gasteiger partial charge in [-0.25, -0.2) is 4.79 Å². The Labute approximate surface area is 133 Å². The standard InChI is InChI=1S/C16H30N2O4/c1-12-9-21-8-5-13(12)17-10-16(20)6-7-18(11-16)14(19)22-15(2,3)4/h12-13,17,20H,5-11H2,1-4H3. The number of ether oxygens (including phenoxy) is 2. The summed E-state index contributed by atoms with van der Waals surface area (Å²) in [5.41, 5.74) is -1.37. The van der Waals surface area contributed by atoms with Crippen LogP contribution in [0.25, 0.3) is 0 Å². The predicted molar refractivity (Wildman–Crippen MR) is 83.8 cm³/mol. The smallest absolute Gasteiger partial charge is 0.410 e. The average molecular weight is 314 g/mol. The van der Waals surface area contributed by atoms with Gasteiger partial charge in [-0.15, -0.1) is 0 Å². The molecule has 2 rings (SSSR count). The highest BCUT2D eigenvalue weighted by Crippen LogP contribution is 2.24. The third-order valence-electron chi connectivity index (χ3n) is 4.32. The molecule has 22 heavy (non-hydrogen) atoms. The number of rotatable bonds is 3. The second-order valence-corrected chi connectivity index (χ2v) is 7.70. The first-order chi connectivity index (χ1) is 10.2. The summed E-state index contributed by atoms with van der Waals surface area (Å²) in [6.07, 6.45) is 1.20. The number of β-amino-alcohol motifs (C(OH)–C–C–N with tert-alkyl or cyclic N) is 1. The lowest BCUT2D eigenvalue weighted by molar-refractivity contribution is 0.00637. The van der Waals surface area contributed by atoms with Gasteiger partial charge in [-0.2, -0.15) is 0 Å². The predicted octanol–water partition coefficient (Wildman–Crippen LogP) is 1.37. The molecule has 6 nitrogen and oxygen atoms in total. The summed E-state index contributed by atoms with van der Waals surface area (Å²) in [6.45, 7) is 10.6. The van der Waals surface area contributed by atoms with E-state index in [0.29, 0.717) is 38.0 Å². The maximum atomic E-state index is 12.1. The second-order valence-electron chi connectivity index (χ2n) is 7.70. The summed E-state index contributed by atoms with van der Waals surface area (Å²) in [7, 11) is 0. The number of hydrogen-bond acceptors (Lipinski definition) is 5. The largest absolute Gasteiger partial charge is 0.444 e. The maximum Gasteiger partial charge on any atom is 0.410 e. The van der Waals surface area contributed by atoms with Gasteiger partial charge in [-0.1, -0.05) is 6.92 Å². The van der Waals surface area contributed by atoms with Crippen molar-refractivity contribution in [1.29, 1.82) is 0 Å². The Balaban J connectivity index is 1.81. The molecule has 0 radical (unpaired) electrons. The number of carbonyl (C=O) groups is 1. The Morgan fingerprint density at radius 3 is 2.86 bits per heavy atom. The molecule has 3 unspecified atom stereocenters. The van der Waals surface area contributed by atoms with Gasteiger partial charge in [0.1, 0.15) is 5.60 Å². The fourth-order valence-corrected chi connectivity index (χ4v) is 2.99. The first-order valence-electron chi connectivity index (χ1n) is 8.20. The molecule has 3 atom stereocenters. The summed E-state index contributed by atoms with van der Waals surface area (Å²) in [4.78, 5) is 13.7. The van der Waals surface area contributed by atoms with Gasteiger partial charge in [0.15, 0.2) is 0 Å². The normalized spacial score (nSPS) is 33.0. The number of aliphatic hydroxyl groups is 1. The molecule has 0 aromatic rings. The average Bonchev–Trinajstić information content (AvgIpc) is 2.79. The van der Waals surface area contributed by atoms with E-state index in [1.807, 2.05) is 20.8 Å². The van der Waals surface area contributed by atoms with Gasteiger partial charge in [-0.05, 0) is 39.5 Å². The van der Waals surface area contributed by atoms with E-state index in [1.54, 1.807) is 4.90 Å². The molecule has 2 fully saturated rings. The first kappa shape index (κ1) is 17.5. The van der Waals surface area contributed by atoms with Crippen molar-refractivity contribution >= 4 is 6.09 Å². The molecular weight excluding hydrogens is 284 g/mol. The third-order valence-corrected chi connectivity index (χ3v) is 4.32. The zero-order valence-electron chi connectivity index (χ0n) is 14.2. The summed E-state index contributed by atoms with van der Waals surface area (Å²) in [6, 6.07) is 0.369. The minimum atomic E-state index is -0.866. The van der Waals surface area contributed by atoms with E-state index in [1.165, 1.54) is 0 Å². The topological polar surface area (TPSA) is 71.0 Å². The molecule has 128 valence electrons. The number of likely N-dealkylation sites (tertiary alicyclic amines) is 1. The quantitative estimate of drug-likeness (QED) is 0.823. The van der Waals surface area contributed by atoms with Crippen molar-refractivity contribution in [1.82, 2.24) is 10.2 Å². The zero-order chi connectivity index (χ0) is 16.4. The van der Waals surface area contributed by atoms with Crippen LogP contribution in [0.5, 0.6) is 0 Å². The van der Waals surface area contributed by atoms with E-state index in [2.05, 4.69) is 12.2 Å². The van der Waals surface area contributed by atoms with Crippen LogP contribution in [0, 0.1) is 5.92 Å². The zero-order valence-corrected chi connectivity index (χ0v) is 14.2. The Morgan fingerprint density at radius 2 is 2.23 bits per heavy atom. The van der Waals surface area contributed by atoms with Gasteiger partial charge in [0.25, 0.3) is 0 Å². The molecule has 0 bridgehead atoms. The van der Waals surface area contributed by atoms with Crippen LogP contribution in [0.15, 0.2) is 0 Å². The summed E-state index contributed by atoms with van der Waals surface area (Å²) < 4.78 is 10.8. The second kappa shape index (κ2) is 6.72. The summed E-state index contributed by atoms with van der Waals surface area (Å²) >= 11 is 0. The Morgan fingerprint density at radius 1 is 1.50 bits per heavy atom. The van der Waals surface area contributed by atoms with Crippen molar-refractivity contribution in [2.45, 2.75) is 57.8 Å². The highest BCUT2D eigenvalue weighted by atomic mass is 16.6. The molecular formula is C16H30N2O4. The Hall–Kier alpha value is -0.850. The summed E-state index contributed by atoms with van der Waals surface area (Å²) in [5, 5.41) is 14.1. The van der Waals surface area contributed by atoms with E-state index < -0.39 is 11.2 Å². The van der Waals surface area contributed by atoms with E-state index in [4.69, 9.17) is 9.47 Å². The maximum absolute atomic E-state index is 12.1. The SMILES string of the molecule is CC1COCCC1NCC1(O)CCN(C(=O)OC(C)(C)C)C1.